The van der Waals surface area contributed by atoms with Crippen LogP contribution in [0.3, 0.4) is 0 Å². The fraction of sp³-hybridized carbons (Fsp3) is 0.143. The molecule has 0 spiro atoms. The third-order valence-electron chi connectivity index (χ3n) is 4.44. The first-order valence-electron chi connectivity index (χ1n) is 7.99. The zero-order valence-electron chi connectivity index (χ0n) is 13.8. The molecule has 0 saturated carbocycles. The summed E-state index contributed by atoms with van der Waals surface area (Å²) < 4.78 is 5.47. The number of methoxy groups -OCH3 is 1. The summed E-state index contributed by atoms with van der Waals surface area (Å²) in [5.74, 6) is 0.880. The van der Waals surface area contributed by atoms with Crippen molar-refractivity contribution in [1.82, 2.24) is 4.98 Å². The summed E-state index contributed by atoms with van der Waals surface area (Å²) in [7, 11) is 1.70. The Bertz CT molecular complexity index is 944. The van der Waals surface area contributed by atoms with Gasteiger partial charge < -0.3 is 4.74 Å². The normalized spacial score (nSPS) is 12.2. The quantitative estimate of drug-likeness (QED) is 0.704. The highest BCUT2D eigenvalue weighted by atomic mass is 16.5. The van der Waals surface area contributed by atoms with Gasteiger partial charge in [-0.2, -0.15) is 0 Å². The third-order valence-corrected chi connectivity index (χ3v) is 4.44. The van der Waals surface area contributed by atoms with E-state index in [-0.39, 0.29) is 0 Å². The molecule has 3 aromatic rings. The van der Waals surface area contributed by atoms with Crippen LogP contribution < -0.4 is 4.74 Å². The third kappa shape index (κ3) is 2.48. The number of pyridine rings is 1. The molecule has 0 fully saturated rings. The lowest BCUT2D eigenvalue weighted by Gasteiger charge is -2.12. The van der Waals surface area contributed by atoms with E-state index in [1.807, 2.05) is 25.4 Å². The Labute approximate surface area is 141 Å². The predicted molar refractivity (Wildman–Crippen MR) is 97.7 cm³/mol. The van der Waals surface area contributed by atoms with Crippen molar-refractivity contribution in [2.24, 2.45) is 4.99 Å². The van der Waals surface area contributed by atoms with Crippen molar-refractivity contribution < 1.29 is 4.74 Å². The van der Waals surface area contributed by atoms with E-state index >= 15 is 0 Å². The highest BCUT2D eigenvalue weighted by Gasteiger charge is 2.13. The SMILES string of the molecule is COc1cc(-c2ncccc2-c2ccc3c(c2)C=NC3)ccc1C. The number of rotatable bonds is 3. The lowest BCUT2D eigenvalue weighted by atomic mass is 9.96. The van der Waals surface area contributed by atoms with E-state index in [4.69, 9.17) is 4.74 Å². The molecular formula is C21H18N2O. The van der Waals surface area contributed by atoms with Crippen molar-refractivity contribution in [1.29, 1.82) is 0 Å². The first kappa shape index (κ1) is 14.6. The molecule has 3 nitrogen and oxygen atoms in total. The van der Waals surface area contributed by atoms with E-state index in [0.29, 0.717) is 0 Å². The van der Waals surface area contributed by atoms with Crippen LogP contribution >= 0.6 is 0 Å². The maximum Gasteiger partial charge on any atom is 0.122 e. The minimum Gasteiger partial charge on any atom is -0.496 e. The molecule has 0 bridgehead atoms. The summed E-state index contributed by atoms with van der Waals surface area (Å²) in [6.45, 7) is 2.83. The van der Waals surface area contributed by atoms with Crippen molar-refractivity contribution in [3.05, 3.63) is 71.4 Å². The van der Waals surface area contributed by atoms with Crippen molar-refractivity contribution in [3.8, 4) is 28.1 Å². The Morgan fingerprint density at radius 1 is 1.00 bits per heavy atom. The minimum atomic E-state index is 0.782. The number of nitrogens with zero attached hydrogens (tertiary/aromatic N) is 2. The fourth-order valence-electron chi connectivity index (χ4n) is 3.10. The Kier molecular flexibility index (Phi) is 3.62. The predicted octanol–water partition coefficient (Wildman–Crippen LogP) is 4.67. The number of aryl methyl sites for hydroxylation is 1. The van der Waals surface area contributed by atoms with Crippen LogP contribution in [0.4, 0.5) is 0 Å². The Balaban J connectivity index is 1.85. The summed E-state index contributed by atoms with van der Waals surface area (Å²) in [5, 5.41) is 0. The highest BCUT2D eigenvalue weighted by Crippen LogP contribution is 2.34. The molecule has 1 aliphatic heterocycles. The van der Waals surface area contributed by atoms with Crippen LogP contribution in [-0.2, 0) is 6.54 Å². The van der Waals surface area contributed by atoms with E-state index in [1.165, 1.54) is 11.1 Å². The number of aromatic nitrogens is 1. The van der Waals surface area contributed by atoms with E-state index < -0.39 is 0 Å². The lowest BCUT2D eigenvalue weighted by Crippen LogP contribution is -1.93. The van der Waals surface area contributed by atoms with Crippen molar-refractivity contribution >= 4 is 6.21 Å². The molecule has 0 saturated heterocycles. The monoisotopic (exact) mass is 314 g/mol. The summed E-state index contributed by atoms with van der Waals surface area (Å²) in [5.41, 5.74) is 7.89. The first-order valence-corrected chi connectivity index (χ1v) is 7.99. The second-order valence-electron chi connectivity index (χ2n) is 5.97. The Morgan fingerprint density at radius 3 is 2.75 bits per heavy atom. The largest absolute Gasteiger partial charge is 0.496 e. The van der Waals surface area contributed by atoms with Gasteiger partial charge >= 0.3 is 0 Å². The summed E-state index contributed by atoms with van der Waals surface area (Å²) in [6.07, 6.45) is 3.78. The second-order valence-corrected chi connectivity index (χ2v) is 5.97. The Hall–Kier alpha value is -2.94. The summed E-state index contributed by atoms with van der Waals surface area (Å²) in [6, 6.07) is 16.8. The number of aliphatic imine (C=N–C) groups is 1. The van der Waals surface area contributed by atoms with Crippen molar-refractivity contribution in [2.75, 3.05) is 7.11 Å². The van der Waals surface area contributed by atoms with Gasteiger partial charge in [-0.1, -0.05) is 30.3 Å². The van der Waals surface area contributed by atoms with Gasteiger partial charge in [0.25, 0.3) is 0 Å². The van der Waals surface area contributed by atoms with E-state index in [1.54, 1.807) is 7.11 Å². The topological polar surface area (TPSA) is 34.5 Å². The van der Waals surface area contributed by atoms with Crippen LogP contribution in [0.15, 0.2) is 59.7 Å². The van der Waals surface area contributed by atoms with Crippen LogP contribution in [-0.4, -0.2) is 18.3 Å². The van der Waals surface area contributed by atoms with Gasteiger partial charge in [0.2, 0.25) is 0 Å². The number of benzene rings is 2. The van der Waals surface area contributed by atoms with Crippen LogP contribution in [0.1, 0.15) is 16.7 Å². The van der Waals surface area contributed by atoms with Gasteiger partial charge in [-0.3, -0.25) is 9.98 Å². The molecule has 0 N–H and O–H groups in total. The molecule has 1 aliphatic rings. The highest BCUT2D eigenvalue weighted by molar-refractivity contribution is 5.89. The standard InChI is InChI=1S/C21H18N2O/c1-14-5-6-16(11-20(14)24-2)21-19(4-3-9-23-21)15-7-8-17-12-22-13-18(17)10-15/h3-11,13H,12H2,1-2H3. The van der Waals surface area contributed by atoms with Crippen molar-refractivity contribution in [2.45, 2.75) is 13.5 Å². The van der Waals surface area contributed by atoms with E-state index in [2.05, 4.69) is 52.4 Å². The van der Waals surface area contributed by atoms with Gasteiger partial charge in [0.15, 0.2) is 0 Å². The van der Waals surface area contributed by atoms with Crippen LogP contribution in [0.5, 0.6) is 5.75 Å². The Morgan fingerprint density at radius 2 is 1.88 bits per heavy atom. The number of hydrogen-bond acceptors (Lipinski definition) is 3. The summed E-state index contributed by atoms with van der Waals surface area (Å²) in [4.78, 5) is 8.98. The average Bonchev–Trinajstić information content (AvgIpc) is 3.10. The molecule has 2 heterocycles. The maximum atomic E-state index is 5.47. The van der Waals surface area contributed by atoms with E-state index in [0.717, 1.165) is 40.2 Å². The zero-order valence-corrected chi connectivity index (χ0v) is 13.8. The van der Waals surface area contributed by atoms with Crippen molar-refractivity contribution in [3.63, 3.8) is 0 Å². The lowest BCUT2D eigenvalue weighted by molar-refractivity contribution is 0.412. The maximum absolute atomic E-state index is 5.47. The molecule has 1 aromatic heterocycles. The number of hydrogen-bond donors (Lipinski definition) is 0. The van der Waals surface area contributed by atoms with Gasteiger partial charge in [-0.05, 0) is 47.4 Å². The molecule has 0 amide bonds. The number of fused-ring (bicyclic) bond motifs is 1. The number of ether oxygens (including phenoxy) is 1. The molecule has 0 aliphatic carbocycles. The molecule has 118 valence electrons. The smallest absolute Gasteiger partial charge is 0.122 e. The van der Waals surface area contributed by atoms with Crippen LogP contribution in [0, 0.1) is 6.92 Å². The molecule has 2 aromatic carbocycles. The molecule has 4 rings (SSSR count). The molecule has 0 unspecified atom stereocenters. The summed E-state index contributed by atoms with van der Waals surface area (Å²) >= 11 is 0. The van der Waals surface area contributed by atoms with Crippen LogP contribution in [0.2, 0.25) is 0 Å². The molecule has 3 heteroatoms. The molecule has 0 atom stereocenters. The van der Waals surface area contributed by atoms with Gasteiger partial charge in [-0.15, -0.1) is 0 Å². The van der Waals surface area contributed by atoms with Gasteiger partial charge in [0, 0.05) is 23.5 Å². The van der Waals surface area contributed by atoms with Crippen LogP contribution in [0.25, 0.3) is 22.4 Å². The van der Waals surface area contributed by atoms with E-state index in [9.17, 15) is 0 Å². The zero-order chi connectivity index (χ0) is 16.5. The minimum absolute atomic E-state index is 0.782. The molecule has 0 radical (unpaired) electrons. The first-order chi connectivity index (χ1) is 11.8. The van der Waals surface area contributed by atoms with Gasteiger partial charge in [-0.25, -0.2) is 0 Å². The van der Waals surface area contributed by atoms with Gasteiger partial charge in [0.05, 0.1) is 19.3 Å². The fourth-order valence-corrected chi connectivity index (χ4v) is 3.10. The molecular weight excluding hydrogens is 296 g/mol. The second kappa shape index (κ2) is 5.93. The molecule has 24 heavy (non-hydrogen) atoms. The van der Waals surface area contributed by atoms with Gasteiger partial charge in [0.1, 0.15) is 5.75 Å². The average molecular weight is 314 g/mol.